The molecule has 3 atom stereocenters. The molecule has 64 valence electrons. The van der Waals surface area contributed by atoms with E-state index in [1.54, 1.807) is 0 Å². The average molecular weight is 155 g/mol. The first kappa shape index (κ1) is 7.56. The Hall–Kier alpha value is -0.0800. The zero-order valence-corrected chi connectivity index (χ0v) is 7.18. The highest BCUT2D eigenvalue weighted by Gasteiger charge is 2.54. The van der Waals surface area contributed by atoms with Crippen molar-refractivity contribution in [3.63, 3.8) is 0 Å². The number of nitrogens with two attached hydrogens (primary N) is 1. The summed E-state index contributed by atoms with van der Waals surface area (Å²) in [5.74, 6) is 0.814. The molecule has 2 nitrogen and oxygen atoms in total. The van der Waals surface area contributed by atoms with Gasteiger partial charge in [0.25, 0.3) is 0 Å². The van der Waals surface area contributed by atoms with E-state index in [2.05, 4.69) is 6.92 Å². The fourth-order valence-electron chi connectivity index (χ4n) is 2.52. The van der Waals surface area contributed by atoms with Crippen LogP contribution in [0.4, 0.5) is 0 Å². The minimum absolute atomic E-state index is 0.472. The average Bonchev–Trinajstić information content (AvgIpc) is 2.63. The van der Waals surface area contributed by atoms with E-state index in [4.69, 9.17) is 10.5 Å². The molecule has 2 N–H and O–H groups in total. The third kappa shape index (κ3) is 1.18. The van der Waals surface area contributed by atoms with Gasteiger partial charge in [-0.05, 0) is 44.1 Å². The highest BCUT2D eigenvalue weighted by atomic mass is 16.5. The Bertz CT molecular complexity index is 160. The van der Waals surface area contributed by atoms with Crippen LogP contribution in [0.3, 0.4) is 0 Å². The van der Waals surface area contributed by atoms with Gasteiger partial charge in [-0.2, -0.15) is 0 Å². The molecule has 0 aromatic carbocycles. The second kappa shape index (κ2) is 2.46. The fraction of sp³-hybridized carbons (Fsp3) is 1.00. The summed E-state index contributed by atoms with van der Waals surface area (Å²) in [5, 5.41) is 0. The minimum atomic E-state index is 0.472. The van der Waals surface area contributed by atoms with Crippen LogP contribution in [-0.2, 0) is 4.74 Å². The van der Waals surface area contributed by atoms with Gasteiger partial charge in [0.05, 0.1) is 6.10 Å². The van der Waals surface area contributed by atoms with Crippen LogP contribution in [-0.4, -0.2) is 19.3 Å². The summed E-state index contributed by atoms with van der Waals surface area (Å²) in [7, 11) is 0. The van der Waals surface area contributed by atoms with E-state index < -0.39 is 0 Å². The van der Waals surface area contributed by atoms with Crippen LogP contribution in [0.1, 0.15) is 26.2 Å². The Morgan fingerprint density at radius 2 is 2.36 bits per heavy atom. The van der Waals surface area contributed by atoms with E-state index in [0.717, 1.165) is 19.1 Å². The van der Waals surface area contributed by atoms with E-state index in [9.17, 15) is 0 Å². The summed E-state index contributed by atoms with van der Waals surface area (Å²) in [6.45, 7) is 4.01. The standard InChI is InChI=1S/C9H17NO/c1-7-4-9(2-3-11-7)5-8(9)6-10/h7-8H,2-6,10H2,1H3. The van der Waals surface area contributed by atoms with Crippen LogP contribution in [0.5, 0.6) is 0 Å². The molecule has 2 rings (SSSR count). The molecule has 2 fully saturated rings. The van der Waals surface area contributed by atoms with Crippen LogP contribution < -0.4 is 5.73 Å². The largest absolute Gasteiger partial charge is 0.378 e. The van der Waals surface area contributed by atoms with Crippen molar-refractivity contribution in [2.75, 3.05) is 13.2 Å². The predicted molar refractivity (Wildman–Crippen MR) is 44.2 cm³/mol. The van der Waals surface area contributed by atoms with Gasteiger partial charge in [0.2, 0.25) is 0 Å². The molecule has 2 aliphatic rings. The van der Waals surface area contributed by atoms with Gasteiger partial charge in [0.1, 0.15) is 0 Å². The quantitative estimate of drug-likeness (QED) is 0.616. The molecule has 1 saturated heterocycles. The van der Waals surface area contributed by atoms with Crippen molar-refractivity contribution >= 4 is 0 Å². The third-order valence-corrected chi connectivity index (χ3v) is 3.34. The summed E-state index contributed by atoms with van der Waals surface area (Å²) in [6.07, 6.45) is 4.32. The van der Waals surface area contributed by atoms with E-state index in [1.165, 1.54) is 19.3 Å². The van der Waals surface area contributed by atoms with Crippen LogP contribution in [0, 0.1) is 11.3 Å². The van der Waals surface area contributed by atoms with Gasteiger partial charge in [-0.1, -0.05) is 0 Å². The number of hydrogen-bond donors (Lipinski definition) is 1. The first-order valence-electron chi connectivity index (χ1n) is 4.58. The first-order valence-corrected chi connectivity index (χ1v) is 4.58. The van der Waals surface area contributed by atoms with Crippen LogP contribution in [0.2, 0.25) is 0 Å². The van der Waals surface area contributed by atoms with Gasteiger partial charge in [-0.3, -0.25) is 0 Å². The van der Waals surface area contributed by atoms with Gasteiger partial charge in [0.15, 0.2) is 0 Å². The highest BCUT2D eigenvalue weighted by Crippen LogP contribution is 2.59. The van der Waals surface area contributed by atoms with Crippen molar-refractivity contribution in [2.45, 2.75) is 32.3 Å². The fourth-order valence-corrected chi connectivity index (χ4v) is 2.52. The van der Waals surface area contributed by atoms with E-state index >= 15 is 0 Å². The molecular weight excluding hydrogens is 138 g/mol. The van der Waals surface area contributed by atoms with Crippen molar-refractivity contribution < 1.29 is 4.74 Å². The molecule has 0 amide bonds. The molecule has 11 heavy (non-hydrogen) atoms. The predicted octanol–water partition coefficient (Wildman–Crippen LogP) is 1.15. The maximum Gasteiger partial charge on any atom is 0.0552 e. The van der Waals surface area contributed by atoms with Crippen LogP contribution in [0.15, 0.2) is 0 Å². The second-order valence-corrected chi connectivity index (χ2v) is 4.13. The van der Waals surface area contributed by atoms with Gasteiger partial charge in [-0.25, -0.2) is 0 Å². The maximum absolute atomic E-state index is 5.64. The summed E-state index contributed by atoms with van der Waals surface area (Å²) >= 11 is 0. The van der Waals surface area contributed by atoms with Crippen LogP contribution >= 0.6 is 0 Å². The van der Waals surface area contributed by atoms with Crippen molar-refractivity contribution in [2.24, 2.45) is 17.1 Å². The molecular formula is C9H17NO. The van der Waals surface area contributed by atoms with E-state index in [1.807, 2.05) is 0 Å². The summed E-state index contributed by atoms with van der Waals surface area (Å²) < 4.78 is 5.51. The SMILES string of the molecule is CC1CC2(CCO1)CC2CN. The Kier molecular flexibility index (Phi) is 1.69. The molecule has 3 unspecified atom stereocenters. The van der Waals surface area contributed by atoms with Gasteiger partial charge in [-0.15, -0.1) is 0 Å². The summed E-state index contributed by atoms with van der Waals surface area (Å²) in [4.78, 5) is 0. The molecule has 0 bridgehead atoms. The zero-order chi connectivity index (χ0) is 7.90. The number of rotatable bonds is 1. The zero-order valence-electron chi connectivity index (χ0n) is 7.18. The minimum Gasteiger partial charge on any atom is -0.378 e. The molecule has 1 aliphatic carbocycles. The molecule has 1 heterocycles. The lowest BCUT2D eigenvalue weighted by Gasteiger charge is -2.28. The lowest BCUT2D eigenvalue weighted by Crippen LogP contribution is -2.26. The monoisotopic (exact) mass is 155 g/mol. The normalized spacial score (nSPS) is 49.6. The summed E-state index contributed by atoms with van der Waals surface area (Å²) in [6, 6.07) is 0. The van der Waals surface area contributed by atoms with E-state index in [0.29, 0.717) is 11.5 Å². The topological polar surface area (TPSA) is 35.2 Å². The lowest BCUT2D eigenvalue weighted by molar-refractivity contribution is -0.00909. The van der Waals surface area contributed by atoms with Crippen molar-refractivity contribution in [3.8, 4) is 0 Å². The molecule has 2 heteroatoms. The van der Waals surface area contributed by atoms with Gasteiger partial charge in [0, 0.05) is 6.61 Å². The number of ether oxygens (including phenoxy) is 1. The maximum atomic E-state index is 5.64. The smallest absolute Gasteiger partial charge is 0.0552 e. The third-order valence-electron chi connectivity index (χ3n) is 3.34. The Morgan fingerprint density at radius 3 is 2.91 bits per heavy atom. The molecule has 1 aliphatic heterocycles. The highest BCUT2D eigenvalue weighted by molar-refractivity contribution is 5.04. The van der Waals surface area contributed by atoms with Crippen LogP contribution in [0.25, 0.3) is 0 Å². The second-order valence-electron chi connectivity index (χ2n) is 4.13. The first-order chi connectivity index (χ1) is 5.27. The Balaban J connectivity index is 1.95. The van der Waals surface area contributed by atoms with Gasteiger partial charge < -0.3 is 10.5 Å². The summed E-state index contributed by atoms with van der Waals surface area (Å²) in [5.41, 5.74) is 6.26. The molecule has 0 aromatic heterocycles. The Labute approximate surface area is 68.1 Å². The van der Waals surface area contributed by atoms with Crippen molar-refractivity contribution in [3.05, 3.63) is 0 Å². The van der Waals surface area contributed by atoms with E-state index in [-0.39, 0.29) is 0 Å². The number of hydrogen-bond acceptors (Lipinski definition) is 2. The lowest BCUT2D eigenvalue weighted by atomic mass is 9.90. The van der Waals surface area contributed by atoms with Gasteiger partial charge >= 0.3 is 0 Å². The van der Waals surface area contributed by atoms with Crippen molar-refractivity contribution in [1.82, 2.24) is 0 Å². The molecule has 1 spiro atoms. The van der Waals surface area contributed by atoms with Crippen molar-refractivity contribution in [1.29, 1.82) is 0 Å². The molecule has 0 radical (unpaired) electrons. The Morgan fingerprint density at radius 1 is 1.55 bits per heavy atom. The molecule has 1 saturated carbocycles. The molecule has 0 aromatic rings.